The van der Waals surface area contributed by atoms with Crippen molar-refractivity contribution in [1.29, 1.82) is 0 Å². The molecule has 104 valence electrons. The van der Waals surface area contributed by atoms with E-state index in [0.717, 1.165) is 0 Å². The second-order valence-corrected chi connectivity index (χ2v) is 4.47. The maximum atomic E-state index is 12.1. The first-order valence-corrected chi connectivity index (χ1v) is 6.49. The average Bonchev–Trinajstić information content (AvgIpc) is 2.48. The number of anilines is 1. The lowest BCUT2D eigenvalue weighted by atomic mass is 10.3. The summed E-state index contributed by atoms with van der Waals surface area (Å²) in [5, 5.41) is 9.65. The number of amides is 1. The third-order valence-corrected chi connectivity index (χ3v) is 2.88. The molecule has 0 aromatic heterocycles. The largest absolute Gasteiger partial charge is 0.419 e. The van der Waals surface area contributed by atoms with Gasteiger partial charge >= 0.3 is 6.09 Å². The molecule has 0 aliphatic carbocycles. The molecule has 0 saturated carbocycles. The summed E-state index contributed by atoms with van der Waals surface area (Å²) in [6.07, 6.45) is -0.549. The molecule has 0 radical (unpaired) electrons. The third kappa shape index (κ3) is 3.73. The molecule has 0 saturated heterocycles. The van der Waals surface area contributed by atoms with Crippen molar-refractivity contribution in [2.24, 2.45) is 0 Å². The highest BCUT2D eigenvalue weighted by atomic mass is 35.5. The summed E-state index contributed by atoms with van der Waals surface area (Å²) in [6.45, 7) is 0.0149. The average molecular weight is 292 g/mol. The van der Waals surface area contributed by atoms with Crippen molar-refractivity contribution in [2.75, 3.05) is 18.1 Å². The van der Waals surface area contributed by atoms with E-state index in [-0.39, 0.29) is 13.2 Å². The molecule has 4 nitrogen and oxygen atoms in total. The summed E-state index contributed by atoms with van der Waals surface area (Å²) in [4.78, 5) is 13.5. The van der Waals surface area contributed by atoms with Crippen LogP contribution in [-0.2, 0) is 0 Å². The Morgan fingerprint density at radius 1 is 1.10 bits per heavy atom. The molecule has 0 atom stereocenters. The zero-order valence-electron chi connectivity index (χ0n) is 10.7. The van der Waals surface area contributed by atoms with Crippen LogP contribution in [0.3, 0.4) is 0 Å². The number of nitrogens with zero attached hydrogens (tertiary/aromatic N) is 1. The van der Waals surface area contributed by atoms with Gasteiger partial charge in [0.15, 0.2) is 0 Å². The smallest absolute Gasteiger partial charge is 0.410 e. The Hall–Kier alpha value is -2.04. The molecule has 1 N–H and O–H groups in total. The first-order valence-electron chi connectivity index (χ1n) is 6.11. The van der Waals surface area contributed by atoms with Crippen LogP contribution in [0.1, 0.15) is 0 Å². The minimum atomic E-state index is -0.549. The van der Waals surface area contributed by atoms with Crippen molar-refractivity contribution in [2.45, 2.75) is 0 Å². The highest BCUT2D eigenvalue weighted by molar-refractivity contribution is 6.30. The van der Waals surface area contributed by atoms with Gasteiger partial charge in [0.05, 0.1) is 13.2 Å². The van der Waals surface area contributed by atoms with Crippen LogP contribution < -0.4 is 9.64 Å². The van der Waals surface area contributed by atoms with Gasteiger partial charge in [-0.25, -0.2) is 4.79 Å². The van der Waals surface area contributed by atoms with E-state index in [2.05, 4.69) is 0 Å². The summed E-state index contributed by atoms with van der Waals surface area (Å²) in [6, 6.07) is 15.5. The van der Waals surface area contributed by atoms with E-state index < -0.39 is 6.09 Å². The molecule has 5 heteroatoms. The number of benzene rings is 2. The number of rotatable bonds is 4. The lowest BCUT2D eigenvalue weighted by Crippen LogP contribution is -2.35. The van der Waals surface area contributed by atoms with Gasteiger partial charge in [-0.3, -0.25) is 4.90 Å². The Kier molecular flexibility index (Phi) is 4.98. The summed E-state index contributed by atoms with van der Waals surface area (Å²) >= 11 is 5.77. The van der Waals surface area contributed by atoms with Crippen molar-refractivity contribution in [1.82, 2.24) is 0 Å². The van der Waals surface area contributed by atoms with Crippen LogP contribution in [0.15, 0.2) is 54.6 Å². The topological polar surface area (TPSA) is 49.8 Å². The highest BCUT2D eigenvalue weighted by Gasteiger charge is 2.17. The van der Waals surface area contributed by atoms with Gasteiger partial charge in [-0.1, -0.05) is 29.8 Å². The van der Waals surface area contributed by atoms with E-state index in [1.807, 2.05) is 18.2 Å². The molecule has 0 heterocycles. The zero-order chi connectivity index (χ0) is 14.4. The molecule has 0 fully saturated rings. The van der Waals surface area contributed by atoms with Crippen molar-refractivity contribution >= 4 is 23.4 Å². The number of carbonyl (C=O) groups excluding carboxylic acids is 1. The number of carbonyl (C=O) groups is 1. The lowest BCUT2D eigenvalue weighted by molar-refractivity contribution is 0.204. The fourth-order valence-corrected chi connectivity index (χ4v) is 1.82. The van der Waals surface area contributed by atoms with Crippen LogP contribution in [0, 0.1) is 0 Å². The van der Waals surface area contributed by atoms with Gasteiger partial charge in [-0.2, -0.15) is 0 Å². The summed E-state index contributed by atoms with van der Waals surface area (Å²) in [5.41, 5.74) is 0.667. The molecule has 0 aliphatic heterocycles. The molecule has 2 rings (SSSR count). The van der Waals surface area contributed by atoms with Crippen molar-refractivity contribution in [3.05, 3.63) is 59.6 Å². The molecular formula is C15H14ClNO3. The SMILES string of the molecule is O=C(Oc1ccc(Cl)cc1)N(CCO)c1ccccc1. The fourth-order valence-electron chi connectivity index (χ4n) is 1.69. The second kappa shape index (κ2) is 6.93. The summed E-state index contributed by atoms with van der Waals surface area (Å²) in [5.74, 6) is 0.401. The van der Waals surface area contributed by atoms with Gasteiger partial charge in [0.25, 0.3) is 0 Å². The number of para-hydroxylation sites is 1. The predicted molar refractivity (Wildman–Crippen MR) is 78.3 cm³/mol. The number of hydrogen-bond donors (Lipinski definition) is 1. The van der Waals surface area contributed by atoms with E-state index in [0.29, 0.717) is 16.5 Å². The van der Waals surface area contributed by atoms with Gasteiger partial charge in [-0.15, -0.1) is 0 Å². The number of aliphatic hydroxyl groups is 1. The Bertz CT molecular complexity index is 557. The quantitative estimate of drug-likeness (QED) is 0.940. The molecule has 0 unspecified atom stereocenters. The maximum Gasteiger partial charge on any atom is 0.419 e. The molecule has 20 heavy (non-hydrogen) atoms. The van der Waals surface area contributed by atoms with Gasteiger partial charge in [0.1, 0.15) is 5.75 Å². The molecular weight excluding hydrogens is 278 g/mol. The van der Waals surface area contributed by atoms with Gasteiger partial charge in [-0.05, 0) is 36.4 Å². The summed E-state index contributed by atoms with van der Waals surface area (Å²) < 4.78 is 5.26. The fraction of sp³-hybridized carbons (Fsp3) is 0.133. The first kappa shape index (κ1) is 14.4. The molecule has 1 amide bonds. The summed E-state index contributed by atoms with van der Waals surface area (Å²) in [7, 11) is 0. The van der Waals surface area contributed by atoms with Crippen LogP contribution in [0.5, 0.6) is 5.75 Å². The number of hydrogen-bond acceptors (Lipinski definition) is 3. The minimum absolute atomic E-state index is 0.148. The van der Waals surface area contributed by atoms with Crippen LogP contribution in [0.4, 0.5) is 10.5 Å². The predicted octanol–water partition coefficient (Wildman–Crippen LogP) is 3.34. The highest BCUT2D eigenvalue weighted by Crippen LogP contribution is 2.19. The monoisotopic (exact) mass is 291 g/mol. The van der Waals surface area contributed by atoms with Crippen LogP contribution in [0.25, 0.3) is 0 Å². The van der Waals surface area contributed by atoms with E-state index >= 15 is 0 Å². The van der Waals surface area contributed by atoms with E-state index in [4.69, 9.17) is 21.4 Å². The van der Waals surface area contributed by atoms with E-state index in [1.165, 1.54) is 4.90 Å². The van der Waals surface area contributed by atoms with Crippen LogP contribution >= 0.6 is 11.6 Å². The zero-order valence-corrected chi connectivity index (χ0v) is 11.5. The third-order valence-electron chi connectivity index (χ3n) is 2.63. The second-order valence-electron chi connectivity index (χ2n) is 4.03. The Labute approximate surface area is 122 Å². The normalized spacial score (nSPS) is 10.1. The van der Waals surface area contributed by atoms with E-state index in [1.54, 1.807) is 36.4 Å². The maximum absolute atomic E-state index is 12.1. The molecule has 0 bridgehead atoms. The Balaban J connectivity index is 2.13. The minimum Gasteiger partial charge on any atom is -0.410 e. The number of aliphatic hydroxyl groups excluding tert-OH is 1. The van der Waals surface area contributed by atoms with Crippen LogP contribution in [0.2, 0.25) is 5.02 Å². The lowest BCUT2D eigenvalue weighted by Gasteiger charge is -2.21. The van der Waals surface area contributed by atoms with E-state index in [9.17, 15) is 4.79 Å². The van der Waals surface area contributed by atoms with Crippen LogP contribution in [-0.4, -0.2) is 24.4 Å². The van der Waals surface area contributed by atoms with Gasteiger partial charge in [0.2, 0.25) is 0 Å². The molecule has 2 aromatic rings. The Morgan fingerprint density at radius 3 is 2.35 bits per heavy atom. The number of halogens is 1. The first-order chi connectivity index (χ1) is 9.70. The molecule has 0 spiro atoms. The van der Waals surface area contributed by atoms with Crippen molar-refractivity contribution in [3.8, 4) is 5.75 Å². The van der Waals surface area contributed by atoms with Crippen molar-refractivity contribution in [3.63, 3.8) is 0 Å². The van der Waals surface area contributed by atoms with Crippen molar-refractivity contribution < 1.29 is 14.6 Å². The molecule has 2 aromatic carbocycles. The number of ether oxygens (including phenoxy) is 1. The molecule has 0 aliphatic rings. The van der Waals surface area contributed by atoms with Gasteiger partial charge < -0.3 is 9.84 Å². The van der Waals surface area contributed by atoms with Gasteiger partial charge in [0, 0.05) is 10.7 Å². The Morgan fingerprint density at radius 2 is 1.75 bits per heavy atom. The standard InChI is InChI=1S/C15H14ClNO3/c16-12-6-8-14(9-7-12)20-15(19)17(10-11-18)13-4-2-1-3-5-13/h1-9,18H,10-11H2.